The molecule has 192 valence electrons. The number of aromatic nitrogens is 2. The van der Waals surface area contributed by atoms with Gasteiger partial charge in [-0.15, -0.1) is 10.2 Å². The number of nitrogens with two attached hydrogens (primary N) is 1. The molecule has 36 heavy (non-hydrogen) atoms. The second kappa shape index (κ2) is 10.4. The summed E-state index contributed by atoms with van der Waals surface area (Å²) in [5.41, 5.74) is 5.87. The van der Waals surface area contributed by atoms with Crippen molar-refractivity contribution in [2.75, 3.05) is 23.7 Å². The number of nitrogens with one attached hydrogen (secondary N) is 2. The lowest BCUT2D eigenvalue weighted by atomic mass is 10.1. The van der Waals surface area contributed by atoms with E-state index in [1.165, 1.54) is 6.07 Å². The third-order valence-electron chi connectivity index (χ3n) is 5.74. The highest BCUT2D eigenvalue weighted by Gasteiger charge is 2.30. The van der Waals surface area contributed by atoms with Crippen molar-refractivity contribution in [2.24, 2.45) is 11.7 Å². The summed E-state index contributed by atoms with van der Waals surface area (Å²) in [6.45, 7) is 6.65. The van der Waals surface area contributed by atoms with Crippen LogP contribution in [0.4, 0.5) is 22.0 Å². The summed E-state index contributed by atoms with van der Waals surface area (Å²) in [4.78, 5) is 37.9. The Kier molecular flexibility index (Phi) is 7.27. The average molecular weight is 497 g/mol. The van der Waals surface area contributed by atoms with Crippen LogP contribution >= 0.6 is 0 Å². The minimum atomic E-state index is -0.741. The highest BCUT2D eigenvalue weighted by Crippen LogP contribution is 2.31. The molecule has 2 heterocycles. The zero-order valence-electron chi connectivity index (χ0n) is 20.7. The van der Waals surface area contributed by atoms with Crippen LogP contribution in [0, 0.1) is 5.92 Å². The summed E-state index contributed by atoms with van der Waals surface area (Å²) in [7, 11) is 0. The molecule has 0 bridgehead atoms. The van der Waals surface area contributed by atoms with E-state index in [1.807, 2.05) is 39.0 Å². The fourth-order valence-electron chi connectivity index (χ4n) is 3.78. The molecule has 2 fully saturated rings. The molecule has 4 rings (SSSR count). The molecule has 1 aromatic carbocycles. The van der Waals surface area contributed by atoms with E-state index >= 15 is 0 Å². The van der Waals surface area contributed by atoms with Crippen molar-refractivity contribution in [1.29, 1.82) is 0 Å². The molecule has 11 heteroatoms. The molecule has 1 saturated carbocycles. The molecular formula is C25H32N6O5. The van der Waals surface area contributed by atoms with Crippen molar-refractivity contribution in [2.45, 2.75) is 58.2 Å². The number of piperidine rings is 1. The number of amides is 3. The molecule has 0 atom stereocenters. The predicted octanol–water partition coefficient (Wildman–Crippen LogP) is 3.45. The highest BCUT2D eigenvalue weighted by molar-refractivity contribution is 5.98. The van der Waals surface area contributed by atoms with Gasteiger partial charge in [-0.25, -0.2) is 4.79 Å². The maximum Gasteiger partial charge on any atom is 0.410 e. The van der Waals surface area contributed by atoms with Gasteiger partial charge in [-0.2, -0.15) is 0 Å². The van der Waals surface area contributed by atoms with Gasteiger partial charge in [0, 0.05) is 49.7 Å². The second-order valence-electron chi connectivity index (χ2n) is 10.1. The Morgan fingerprint density at radius 2 is 1.78 bits per heavy atom. The first-order valence-electron chi connectivity index (χ1n) is 12.1. The molecule has 1 aliphatic heterocycles. The van der Waals surface area contributed by atoms with Gasteiger partial charge in [-0.05, 0) is 45.7 Å². The summed E-state index contributed by atoms with van der Waals surface area (Å²) in [5, 5.41) is 13.6. The Morgan fingerprint density at radius 1 is 1.06 bits per heavy atom. The average Bonchev–Trinajstić information content (AvgIpc) is 3.64. The lowest BCUT2D eigenvalue weighted by molar-refractivity contribution is -0.117. The van der Waals surface area contributed by atoms with Crippen LogP contribution < -0.4 is 21.1 Å². The van der Waals surface area contributed by atoms with Crippen LogP contribution in [0.25, 0.3) is 0 Å². The van der Waals surface area contributed by atoms with Crippen LogP contribution in [0.2, 0.25) is 0 Å². The van der Waals surface area contributed by atoms with Crippen molar-refractivity contribution in [3.63, 3.8) is 0 Å². The maximum absolute atomic E-state index is 12.3. The smallest absolute Gasteiger partial charge is 0.410 e. The minimum absolute atomic E-state index is 0.00357. The van der Waals surface area contributed by atoms with Crippen molar-refractivity contribution < 1.29 is 23.9 Å². The molecule has 4 N–H and O–H groups in total. The first-order chi connectivity index (χ1) is 17.1. The van der Waals surface area contributed by atoms with Gasteiger partial charge < -0.3 is 30.7 Å². The zero-order valence-corrected chi connectivity index (χ0v) is 20.7. The standard InChI is InChI=1S/C25H32N6O5/c1-25(2,3)36-24(34)31-11-9-17(10-12-31)35-18-6-4-5-16(13-18)27-19-14-20(28-23(33)15-7-8-15)29-30-21(19)22(26)32/h4-6,13-15,17H,7-12H2,1-3H3,(H2,26,32)(H2,27,28,29,33). The number of likely N-dealkylation sites (tertiary alicyclic amines) is 1. The topological polar surface area (TPSA) is 149 Å². The van der Waals surface area contributed by atoms with Gasteiger partial charge in [0.15, 0.2) is 11.5 Å². The van der Waals surface area contributed by atoms with Crippen molar-refractivity contribution in [1.82, 2.24) is 15.1 Å². The van der Waals surface area contributed by atoms with E-state index in [0.29, 0.717) is 43.1 Å². The molecule has 0 spiro atoms. The summed E-state index contributed by atoms with van der Waals surface area (Å²) < 4.78 is 11.6. The van der Waals surface area contributed by atoms with Gasteiger partial charge in [-0.1, -0.05) is 6.07 Å². The molecule has 1 aromatic heterocycles. The molecule has 0 unspecified atom stereocenters. The van der Waals surface area contributed by atoms with Gasteiger partial charge >= 0.3 is 6.09 Å². The van der Waals surface area contributed by atoms with Crippen molar-refractivity contribution >= 4 is 35.1 Å². The minimum Gasteiger partial charge on any atom is -0.490 e. The molecular weight excluding hydrogens is 464 g/mol. The lowest BCUT2D eigenvalue weighted by Crippen LogP contribution is -2.44. The van der Waals surface area contributed by atoms with Crippen molar-refractivity contribution in [3.05, 3.63) is 36.0 Å². The Bertz CT molecular complexity index is 1140. The van der Waals surface area contributed by atoms with Gasteiger partial charge in [0.1, 0.15) is 17.5 Å². The first-order valence-corrected chi connectivity index (χ1v) is 12.1. The number of benzene rings is 1. The highest BCUT2D eigenvalue weighted by atomic mass is 16.6. The van der Waals surface area contributed by atoms with Crippen LogP contribution in [0.1, 0.15) is 56.9 Å². The Morgan fingerprint density at radius 3 is 2.42 bits per heavy atom. The summed E-state index contributed by atoms with van der Waals surface area (Å²) in [6, 6.07) is 8.81. The van der Waals surface area contributed by atoms with Crippen LogP contribution in [0.3, 0.4) is 0 Å². The molecule has 2 aromatic rings. The van der Waals surface area contributed by atoms with Crippen molar-refractivity contribution in [3.8, 4) is 5.75 Å². The van der Waals surface area contributed by atoms with E-state index in [0.717, 1.165) is 12.8 Å². The fourth-order valence-corrected chi connectivity index (χ4v) is 3.78. The number of primary amides is 1. The number of rotatable bonds is 7. The van der Waals surface area contributed by atoms with Gasteiger partial charge in [0.2, 0.25) is 5.91 Å². The van der Waals surface area contributed by atoms with E-state index in [4.69, 9.17) is 15.2 Å². The summed E-state index contributed by atoms with van der Waals surface area (Å²) in [6.07, 6.45) is 2.72. The largest absolute Gasteiger partial charge is 0.490 e. The maximum atomic E-state index is 12.3. The third-order valence-corrected chi connectivity index (χ3v) is 5.74. The Hall–Kier alpha value is -3.89. The van der Waals surface area contributed by atoms with Gasteiger partial charge in [0.05, 0.1) is 5.69 Å². The number of carbonyl (C=O) groups excluding carboxylic acids is 3. The zero-order chi connectivity index (χ0) is 25.9. The molecule has 1 saturated heterocycles. The number of anilines is 3. The van der Waals surface area contributed by atoms with Crippen LogP contribution in [0.15, 0.2) is 30.3 Å². The number of ether oxygens (including phenoxy) is 2. The molecule has 3 amide bonds. The lowest BCUT2D eigenvalue weighted by Gasteiger charge is -2.33. The third kappa shape index (κ3) is 6.83. The van der Waals surface area contributed by atoms with E-state index in [1.54, 1.807) is 11.0 Å². The first kappa shape index (κ1) is 25.2. The monoisotopic (exact) mass is 496 g/mol. The van der Waals surface area contributed by atoms with E-state index < -0.39 is 11.5 Å². The fraction of sp³-hybridized carbons (Fsp3) is 0.480. The van der Waals surface area contributed by atoms with E-state index in [2.05, 4.69) is 20.8 Å². The van der Waals surface area contributed by atoms with Crippen LogP contribution in [0.5, 0.6) is 5.75 Å². The van der Waals surface area contributed by atoms with Crippen LogP contribution in [-0.4, -0.2) is 57.8 Å². The SMILES string of the molecule is CC(C)(C)OC(=O)N1CCC(Oc2cccc(Nc3cc(NC(=O)C4CC4)nnc3C(N)=O)c2)CC1. The number of carbonyl (C=O) groups is 3. The van der Waals surface area contributed by atoms with E-state index in [9.17, 15) is 14.4 Å². The summed E-state index contributed by atoms with van der Waals surface area (Å²) >= 11 is 0. The predicted molar refractivity (Wildman–Crippen MR) is 133 cm³/mol. The molecule has 1 aliphatic carbocycles. The Labute approximate surface area is 209 Å². The Balaban J connectivity index is 1.39. The molecule has 11 nitrogen and oxygen atoms in total. The number of hydrogen-bond donors (Lipinski definition) is 3. The van der Waals surface area contributed by atoms with E-state index in [-0.39, 0.29) is 35.5 Å². The normalized spacial score (nSPS) is 16.2. The quantitative estimate of drug-likeness (QED) is 0.528. The molecule has 0 radical (unpaired) electrons. The molecule has 2 aliphatic rings. The summed E-state index contributed by atoms with van der Waals surface area (Å²) in [5.74, 6) is 0.0254. The number of nitrogens with zero attached hydrogens (tertiary/aromatic N) is 3. The van der Waals surface area contributed by atoms with Gasteiger partial charge in [0.25, 0.3) is 5.91 Å². The second-order valence-corrected chi connectivity index (χ2v) is 10.1. The van der Waals surface area contributed by atoms with Crippen LogP contribution in [-0.2, 0) is 9.53 Å². The van der Waals surface area contributed by atoms with Gasteiger partial charge in [-0.3, -0.25) is 9.59 Å². The number of hydrogen-bond acceptors (Lipinski definition) is 8.